The smallest absolute Gasteiger partial charge is 0.271 e. The van der Waals surface area contributed by atoms with E-state index < -0.39 is 10.8 Å². The fraction of sp³-hybridized carbons (Fsp3) is 0.176. The number of thiocarbonyl (C=S) groups is 1. The van der Waals surface area contributed by atoms with Gasteiger partial charge in [0.2, 0.25) is 0 Å². The van der Waals surface area contributed by atoms with Crippen LogP contribution in [0.4, 0.5) is 11.4 Å². The number of hydrogen-bond acceptors (Lipinski definition) is 6. The molecule has 0 unspecified atom stereocenters. The van der Waals surface area contributed by atoms with Crippen LogP contribution in [0.3, 0.4) is 0 Å². The third kappa shape index (κ3) is 4.25. The number of methoxy groups -OCH3 is 2. The maximum Gasteiger partial charge on any atom is 0.271 e. The van der Waals surface area contributed by atoms with Gasteiger partial charge in [-0.3, -0.25) is 20.2 Å². The average Bonchev–Trinajstić information content (AvgIpc) is 2.62. The molecule has 2 aromatic carbocycles. The fourth-order valence-corrected chi connectivity index (χ4v) is 2.46. The molecule has 0 radical (unpaired) electrons. The minimum absolute atomic E-state index is 0.00782. The number of carbonyl (C=O) groups is 1. The number of hydrogen-bond donors (Lipinski definition) is 2. The van der Waals surface area contributed by atoms with E-state index in [1.165, 1.54) is 26.4 Å². The van der Waals surface area contributed by atoms with E-state index in [1.807, 2.05) is 0 Å². The lowest BCUT2D eigenvalue weighted by molar-refractivity contribution is -0.384. The van der Waals surface area contributed by atoms with Crippen molar-refractivity contribution in [2.45, 2.75) is 6.92 Å². The predicted octanol–water partition coefficient (Wildman–Crippen LogP) is 3.05. The van der Waals surface area contributed by atoms with E-state index in [9.17, 15) is 14.9 Å². The van der Waals surface area contributed by atoms with Crippen molar-refractivity contribution < 1.29 is 19.2 Å². The second kappa shape index (κ2) is 8.26. The molecule has 0 aliphatic heterocycles. The van der Waals surface area contributed by atoms with E-state index in [0.29, 0.717) is 17.2 Å². The maximum absolute atomic E-state index is 12.6. The van der Waals surface area contributed by atoms with Gasteiger partial charge in [-0.2, -0.15) is 0 Å². The molecule has 0 atom stereocenters. The van der Waals surface area contributed by atoms with Gasteiger partial charge >= 0.3 is 0 Å². The molecule has 0 spiro atoms. The van der Waals surface area contributed by atoms with Gasteiger partial charge in [0.05, 0.1) is 19.1 Å². The summed E-state index contributed by atoms with van der Waals surface area (Å²) in [6, 6.07) is 9.27. The molecular weight excluding hydrogens is 358 g/mol. The molecule has 8 nitrogen and oxygen atoms in total. The van der Waals surface area contributed by atoms with Crippen LogP contribution in [0.15, 0.2) is 36.4 Å². The zero-order chi connectivity index (χ0) is 19.3. The van der Waals surface area contributed by atoms with Gasteiger partial charge < -0.3 is 14.8 Å². The summed E-state index contributed by atoms with van der Waals surface area (Å²) in [4.78, 5) is 23.0. The van der Waals surface area contributed by atoms with Gasteiger partial charge in [0.15, 0.2) is 5.11 Å². The number of anilines is 1. The third-order valence-corrected chi connectivity index (χ3v) is 3.77. The fourth-order valence-electron chi connectivity index (χ4n) is 2.25. The molecule has 0 heterocycles. The number of nitrogens with one attached hydrogen (secondary N) is 2. The summed E-state index contributed by atoms with van der Waals surface area (Å²) >= 11 is 5.15. The number of nitrogens with zero attached hydrogens (tertiary/aromatic N) is 1. The van der Waals surface area contributed by atoms with Crippen LogP contribution in [0.2, 0.25) is 0 Å². The SMILES string of the molecule is COc1cccc(OC)c1C(=O)NC(=S)Nc1cc([N+](=O)[O-])ccc1C. The topological polar surface area (TPSA) is 103 Å². The number of carbonyl (C=O) groups excluding carboxylic acids is 1. The first-order valence-electron chi connectivity index (χ1n) is 7.45. The molecule has 0 aliphatic carbocycles. The Morgan fingerprint density at radius 2 is 1.77 bits per heavy atom. The van der Waals surface area contributed by atoms with E-state index >= 15 is 0 Å². The highest BCUT2D eigenvalue weighted by atomic mass is 32.1. The molecule has 1 amide bonds. The molecule has 0 aromatic heterocycles. The van der Waals surface area contributed by atoms with Gasteiger partial charge in [-0.15, -0.1) is 0 Å². The number of rotatable bonds is 5. The monoisotopic (exact) mass is 375 g/mol. The Labute approximate surface area is 155 Å². The van der Waals surface area contributed by atoms with E-state index in [2.05, 4.69) is 10.6 Å². The quantitative estimate of drug-likeness (QED) is 0.470. The van der Waals surface area contributed by atoms with Gasteiger partial charge in [-0.1, -0.05) is 12.1 Å². The molecule has 0 saturated carbocycles. The summed E-state index contributed by atoms with van der Waals surface area (Å²) in [5, 5.41) is 16.2. The number of nitro groups is 1. The minimum Gasteiger partial charge on any atom is -0.496 e. The molecular formula is C17H17N3O5S. The summed E-state index contributed by atoms with van der Waals surface area (Å²) in [6.07, 6.45) is 0. The summed E-state index contributed by atoms with van der Waals surface area (Å²) in [5.41, 5.74) is 1.27. The molecule has 2 N–H and O–H groups in total. The van der Waals surface area contributed by atoms with Gasteiger partial charge in [0.1, 0.15) is 17.1 Å². The van der Waals surface area contributed by atoms with Crippen molar-refractivity contribution in [2.24, 2.45) is 0 Å². The first-order chi connectivity index (χ1) is 12.4. The Morgan fingerprint density at radius 3 is 2.31 bits per heavy atom. The lowest BCUT2D eigenvalue weighted by atomic mass is 10.1. The molecule has 136 valence electrons. The van der Waals surface area contributed by atoms with Gasteiger partial charge in [0.25, 0.3) is 11.6 Å². The Hall–Kier alpha value is -3.20. The van der Waals surface area contributed by atoms with Crippen molar-refractivity contribution in [2.75, 3.05) is 19.5 Å². The van der Waals surface area contributed by atoms with Crippen LogP contribution in [0.5, 0.6) is 11.5 Å². The normalized spacial score (nSPS) is 9.96. The Balaban J connectivity index is 2.20. The summed E-state index contributed by atoms with van der Waals surface area (Å²) in [6.45, 7) is 1.76. The first kappa shape index (κ1) is 19.1. The van der Waals surface area contributed by atoms with Crippen LogP contribution in [0.25, 0.3) is 0 Å². The summed E-state index contributed by atoms with van der Waals surface area (Å²) in [7, 11) is 2.88. The Morgan fingerprint density at radius 1 is 1.15 bits per heavy atom. The molecule has 0 saturated heterocycles. The molecule has 9 heteroatoms. The second-order valence-electron chi connectivity index (χ2n) is 5.20. The largest absolute Gasteiger partial charge is 0.496 e. The van der Waals surface area contributed by atoms with Crippen molar-refractivity contribution >= 4 is 34.6 Å². The number of non-ortho nitro benzene ring substituents is 1. The van der Waals surface area contributed by atoms with E-state index in [0.717, 1.165) is 5.56 Å². The maximum atomic E-state index is 12.6. The van der Waals surface area contributed by atoms with Crippen molar-refractivity contribution in [3.8, 4) is 11.5 Å². The molecule has 2 rings (SSSR count). The minimum atomic E-state index is -0.528. The molecule has 0 bridgehead atoms. The van der Waals surface area contributed by atoms with E-state index in [1.54, 1.807) is 31.2 Å². The van der Waals surface area contributed by atoms with E-state index in [4.69, 9.17) is 21.7 Å². The van der Waals surface area contributed by atoms with Gasteiger partial charge in [-0.25, -0.2) is 0 Å². The zero-order valence-electron chi connectivity index (χ0n) is 14.4. The standard InChI is InChI=1S/C17H17N3O5S/c1-10-7-8-11(20(22)23)9-12(10)18-17(26)19-16(21)15-13(24-2)5-4-6-14(15)25-3/h4-9H,1-3H3,(H2,18,19,21,26). The highest BCUT2D eigenvalue weighted by Gasteiger charge is 2.19. The number of amides is 1. The van der Waals surface area contributed by atoms with Crippen LogP contribution < -0.4 is 20.1 Å². The van der Waals surface area contributed by atoms with Crippen LogP contribution >= 0.6 is 12.2 Å². The molecule has 2 aromatic rings. The van der Waals surface area contributed by atoms with Crippen molar-refractivity contribution in [1.29, 1.82) is 0 Å². The van der Waals surface area contributed by atoms with Gasteiger partial charge in [0, 0.05) is 17.8 Å². The highest BCUT2D eigenvalue weighted by molar-refractivity contribution is 7.80. The summed E-state index contributed by atoms with van der Waals surface area (Å²) < 4.78 is 10.4. The number of ether oxygens (including phenoxy) is 2. The van der Waals surface area contributed by atoms with Crippen molar-refractivity contribution in [3.05, 3.63) is 57.6 Å². The van der Waals surface area contributed by atoms with Crippen LogP contribution in [0.1, 0.15) is 15.9 Å². The lowest BCUT2D eigenvalue weighted by Crippen LogP contribution is -2.34. The lowest BCUT2D eigenvalue weighted by Gasteiger charge is -2.15. The third-order valence-electron chi connectivity index (χ3n) is 3.56. The van der Waals surface area contributed by atoms with Gasteiger partial charge in [-0.05, 0) is 36.8 Å². The number of nitro benzene ring substituents is 1. The Kier molecular flexibility index (Phi) is 6.07. The van der Waals surface area contributed by atoms with E-state index in [-0.39, 0.29) is 16.4 Å². The van der Waals surface area contributed by atoms with Crippen molar-refractivity contribution in [3.63, 3.8) is 0 Å². The van der Waals surface area contributed by atoms with Crippen LogP contribution in [-0.4, -0.2) is 30.2 Å². The summed E-state index contributed by atoms with van der Waals surface area (Å²) in [5.74, 6) is 0.132. The van der Waals surface area contributed by atoms with Crippen LogP contribution in [0, 0.1) is 17.0 Å². The average molecular weight is 375 g/mol. The van der Waals surface area contributed by atoms with Crippen LogP contribution in [-0.2, 0) is 0 Å². The van der Waals surface area contributed by atoms with Crippen molar-refractivity contribution in [1.82, 2.24) is 5.32 Å². The molecule has 0 aliphatic rings. The number of aryl methyl sites for hydroxylation is 1. The highest BCUT2D eigenvalue weighted by Crippen LogP contribution is 2.28. The Bertz CT molecular complexity index is 847. The first-order valence-corrected chi connectivity index (χ1v) is 7.86. The molecule has 0 fully saturated rings. The molecule has 26 heavy (non-hydrogen) atoms. The second-order valence-corrected chi connectivity index (χ2v) is 5.61. The predicted molar refractivity (Wildman–Crippen MR) is 101 cm³/mol. The number of benzene rings is 2. The zero-order valence-corrected chi connectivity index (χ0v) is 15.2.